The average molecular weight is 395 g/mol. The lowest BCUT2D eigenvalue weighted by Crippen LogP contribution is -2.70. The second-order valence-electron chi connectivity index (χ2n) is 10.5. The highest BCUT2D eigenvalue weighted by Crippen LogP contribution is 2.67. The third kappa shape index (κ3) is 2.63. The zero-order valence-electron chi connectivity index (χ0n) is 17.7. The summed E-state index contributed by atoms with van der Waals surface area (Å²) >= 11 is 0. The van der Waals surface area contributed by atoms with Gasteiger partial charge in [-0.15, -0.1) is 0 Å². The number of aliphatic hydroxyl groups excluding tert-OH is 1. The Kier molecular flexibility index (Phi) is 4.54. The number of hydrogen-bond donors (Lipinski definition) is 1. The number of ketones is 1. The van der Waals surface area contributed by atoms with Crippen LogP contribution in [-0.2, 0) is 23.8 Å². The molecule has 0 aromatic rings. The van der Waals surface area contributed by atoms with Gasteiger partial charge >= 0.3 is 5.97 Å². The van der Waals surface area contributed by atoms with Crippen molar-refractivity contribution in [2.75, 3.05) is 6.61 Å². The number of carbonyl (C=O) groups is 2. The fourth-order valence-corrected chi connectivity index (χ4v) is 7.28. The molecule has 158 valence electrons. The molecule has 0 bridgehead atoms. The summed E-state index contributed by atoms with van der Waals surface area (Å²) in [5, 5.41) is 9.95. The zero-order valence-corrected chi connectivity index (χ0v) is 17.7. The highest BCUT2D eigenvalue weighted by molar-refractivity contribution is 5.90. The van der Waals surface area contributed by atoms with Crippen LogP contribution in [0.1, 0.15) is 73.1 Å². The molecule has 0 radical (unpaired) electrons. The van der Waals surface area contributed by atoms with Gasteiger partial charge in [-0.05, 0) is 31.1 Å². The quantitative estimate of drug-likeness (QED) is 0.689. The number of carbonyl (C=O) groups excluding carboxylic acids is 2. The van der Waals surface area contributed by atoms with E-state index in [1.165, 1.54) is 6.92 Å². The van der Waals surface area contributed by atoms with Gasteiger partial charge in [0.05, 0.1) is 17.8 Å². The molecule has 2 aliphatic heterocycles. The van der Waals surface area contributed by atoms with Crippen molar-refractivity contribution in [3.8, 4) is 0 Å². The molecule has 6 heteroatoms. The van der Waals surface area contributed by atoms with Gasteiger partial charge in [0.2, 0.25) is 0 Å². The van der Waals surface area contributed by atoms with Crippen molar-refractivity contribution in [2.45, 2.75) is 96.7 Å². The van der Waals surface area contributed by atoms with E-state index in [0.29, 0.717) is 13.0 Å². The number of fused-ring (bicyclic) bond motifs is 2. The van der Waals surface area contributed by atoms with Crippen molar-refractivity contribution in [1.29, 1.82) is 0 Å². The first kappa shape index (κ1) is 20.3. The highest BCUT2D eigenvalue weighted by Gasteiger charge is 2.72. The van der Waals surface area contributed by atoms with Crippen LogP contribution in [0.2, 0.25) is 0 Å². The molecule has 2 aliphatic carbocycles. The molecule has 0 aromatic carbocycles. The van der Waals surface area contributed by atoms with Gasteiger partial charge in [-0.25, -0.2) is 0 Å². The SMILES string of the molecule is CC(=O)O[C@@H]1C(=O)[C@H](C)[C@]2(CC[C@@]3(COC(O)C3)O2)[C@@]2(C)CCCC(C)(C)[C@H]12. The van der Waals surface area contributed by atoms with E-state index in [2.05, 4.69) is 20.8 Å². The normalized spacial score (nSPS) is 50.1. The second kappa shape index (κ2) is 6.26. The molecule has 2 saturated heterocycles. The molecular weight excluding hydrogens is 360 g/mol. The lowest BCUT2D eigenvalue weighted by atomic mass is 9.43. The first-order chi connectivity index (χ1) is 13.0. The predicted molar refractivity (Wildman–Crippen MR) is 101 cm³/mol. The van der Waals surface area contributed by atoms with Crippen molar-refractivity contribution >= 4 is 11.8 Å². The van der Waals surface area contributed by atoms with Gasteiger partial charge in [-0.3, -0.25) is 9.59 Å². The summed E-state index contributed by atoms with van der Waals surface area (Å²) in [5.74, 6) is -0.890. The Balaban J connectivity index is 1.80. The summed E-state index contributed by atoms with van der Waals surface area (Å²) in [5.41, 5.74) is -1.56. The number of Topliss-reactive ketones (excluding diaryl/α,β-unsaturated/α-hetero) is 1. The van der Waals surface area contributed by atoms with Crippen LogP contribution < -0.4 is 0 Å². The van der Waals surface area contributed by atoms with Crippen molar-refractivity contribution in [3.05, 3.63) is 0 Å². The Hall–Kier alpha value is -0.980. The van der Waals surface area contributed by atoms with E-state index in [9.17, 15) is 14.7 Å². The Labute approximate surface area is 167 Å². The smallest absolute Gasteiger partial charge is 0.303 e. The molecule has 6 nitrogen and oxygen atoms in total. The maximum atomic E-state index is 13.5. The number of hydrogen-bond acceptors (Lipinski definition) is 6. The van der Waals surface area contributed by atoms with Gasteiger partial charge in [0.25, 0.3) is 0 Å². The van der Waals surface area contributed by atoms with Gasteiger partial charge in [0, 0.05) is 30.6 Å². The predicted octanol–water partition coefficient (Wildman–Crippen LogP) is 3.00. The molecule has 0 amide bonds. The summed E-state index contributed by atoms with van der Waals surface area (Å²) in [6.07, 6.45) is 3.48. The first-order valence-corrected chi connectivity index (χ1v) is 10.7. The van der Waals surface area contributed by atoms with E-state index in [1.807, 2.05) is 6.92 Å². The standard InChI is InChI=1S/C22H34O6/c1-13-16(25)17(27-14(2)23)18-19(3,4)7-6-8-20(18,5)22(13)10-9-21(28-22)11-15(24)26-12-21/h13,15,17-18,24H,6-12H2,1-5H3/t13-,15?,17+,18-,20-,21+,22+/m0/s1. The van der Waals surface area contributed by atoms with Crippen LogP contribution in [0.4, 0.5) is 0 Å². The van der Waals surface area contributed by atoms with Crippen LogP contribution in [0.15, 0.2) is 0 Å². The number of aliphatic hydroxyl groups is 1. The zero-order chi connectivity index (χ0) is 20.5. The Morgan fingerprint density at radius 2 is 1.89 bits per heavy atom. The molecule has 1 N–H and O–H groups in total. The maximum Gasteiger partial charge on any atom is 0.303 e. The molecule has 7 atom stereocenters. The lowest BCUT2D eigenvalue weighted by Gasteiger charge is -2.64. The number of ether oxygens (including phenoxy) is 3. The van der Waals surface area contributed by atoms with Gasteiger partial charge in [0.15, 0.2) is 18.2 Å². The molecule has 0 aromatic heterocycles. The monoisotopic (exact) mass is 394 g/mol. The molecule has 2 spiro atoms. The second-order valence-corrected chi connectivity index (χ2v) is 10.5. The third-order valence-corrected chi connectivity index (χ3v) is 8.45. The van der Waals surface area contributed by atoms with Gasteiger partial charge < -0.3 is 19.3 Å². The fourth-order valence-electron chi connectivity index (χ4n) is 7.28. The Morgan fingerprint density at radius 3 is 2.50 bits per heavy atom. The summed E-state index contributed by atoms with van der Waals surface area (Å²) in [6, 6.07) is 0. The van der Waals surface area contributed by atoms with Crippen molar-refractivity contribution in [3.63, 3.8) is 0 Å². The Morgan fingerprint density at radius 1 is 1.18 bits per heavy atom. The van der Waals surface area contributed by atoms with Crippen LogP contribution >= 0.6 is 0 Å². The molecule has 2 saturated carbocycles. The average Bonchev–Trinajstić information content (AvgIpc) is 3.14. The topological polar surface area (TPSA) is 82.1 Å². The van der Waals surface area contributed by atoms with Crippen LogP contribution in [0.25, 0.3) is 0 Å². The Bertz CT molecular complexity index is 689. The van der Waals surface area contributed by atoms with Crippen LogP contribution in [0.5, 0.6) is 0 Å². The molecule has 4 rings (SSSR count). The van der Waals surface area contributed by atoms with Gasteiger partial charge in [-0.2, -0.15) is 0 Å². The summed E-state index contributed by atoms with van der Waals surface area (Å²) < 4.78 is 18.0. The van der Waals surface area contributed by atoms with Crippen LogP contribution in [0.3, 0.4) is 0 Å². The third-order valence-electron chi connectivity index (χ3n) is 8.45. The van der Waals surface area contributed by atoms with Gasteiger partial charge in [0.1, 0.15) is 0 Å². The fraction of sp³-hybridized carbons (Fsp3) is 0.909. The van der Waals surface area contributed by atoms with Gasteiger partial charge in [-0.1, -0.05) is 34.1 Å². The minimum Gasteiger partial charge on any atom is -0.454 e. The van der Waals surface area contributed by atoms with Crippen molar-refractivity contribution in [1.82, 2.24) is 0 Å². The van der Waals surface area contributed by atoms with E-state index in [4.69, 9.17) is 14.2 Å². The molecule has 1 unspecified atom stereocenters. The number of rotatable bonds is 1. The van der Waals surface area contributed by atoms with Crippen molar-refractivity contribution < 1.29 is 28.9 Å². The molecule has 4 fully saturated rings. The summed E-state index contributed by atoms with van der Waals surface area (Å²) in [4.78, 5) is 25.4. The van der Waals surface area contributed by atoms with E-state index >= 15 is 0 Å². The van der Waals surface area contributed by atoms with Crippen molar-refractivity contribution in [2.24, 2.45) is 22.7 Å². The molecular formula is C22H34O6. The minimum atomic E-state index is -0.801. The van der Waals surface area contributed by atoms with Crippen LogP contribution in [-0.4, -0.2) is 47.1 Å². The molecule has 28 heavy (non-hydrogen) atoms. The summed E-state index contributed by atoms with van der Waals surface area (Å²) in [7, 11) is 0. The highest BCUT2D eigenvalue weighted by atomic mass is 16.6. The van der Waals surface area contributed by atoms with E-state index < -0.39 is 29.6 Å². The maximum absolute atomic E-state index is 13.5. The molecule has 4 aliphatic rings. The minimum absolute atomic E-state index is 0.0239. The molecule has 2 heterocycles. The van der Waals surface area contributed by atoms with E-state index in [-0.39, 0.29) is 28.4 Å². The first-order valence-electron chi connectivity index (χ1n) is 10.7. The summed E-state index contributed by atoms with van der Waals surface area (Å²) in [6.45, 7) is 10.3. The number of esters is 1. The lowest BCUT2D eigenvalue weighted by molar-refractivity contribution is -0.260. The largest absolute Gasteiger partial charge is 0.454 e. The van der Waals surface area contributed by atoms with E-state index in [0.717, 1.165) is 32.1 Å². The van der Waals surface area contributed by atoms with Crippen LogP contribution in [0, 0.1) is 22.7 Å². The van der Waals surface area contributed by atoms with E-state index in [1.54, 1.807) is 0 Å².